The lowest BCUT2D eigenvalue weighted by molar-refractivity contribution is 0.145. The number of hydrogen-bond donors (Lipinski definition) is 4. The number of ether oxygens (including phenoxy) is 1. The quantitative estimate of drug-likeness (QED) is 0.631. The lowest BCUT2D eigenvalue weighted by atomic mass is 9.85. The molecule has 1 aliphatic carbocycles. The molecule has 2 amide bonds. The summed E-state index contributed by atoms with van der Waals surface area (Å²) in [5, 5.41) is 25.6. The van der Waals surface area contributed by atoms with Gasteiger partial charge in [-0.05, 0) is 46.7 Å². The second-order valence-electron chi connectivity index (χ2n) is 8.29. The van der Waals surface area contributed by atoms with Crippen molar-refractivity contribution in [1.29, 1.82) is 0 Å². The number of hydrogen-bond acceptors (Lipinski definition) is 4. The van der Waals surface area contributed by atoms with Crippen LogP contribution in [0, 0.1) is 5.82 Å². The fourth-order valence-corrected chi connectivity index (χ4v) is 3.65. The van der Waals surface area contributed by atoms with Gasteiger partial charge in [0.25, 0.3) is 0 Å². The van der Waals surface area contributed by atoms with Gasteiger partial charge in [0.1, 0.15) is 11.6 Å². The molecule has 1 aliphatic rings. The molecule has 0 spiro atoms. The van der Waals surface area contributed by atoms with Gasteiger partial charge in [-0.25, -0.2) is 9.18 Å². The third-order valence-corrected chi connectivity index (χ3v) is 5.25. The lowest BCUT2D eigenvalue weighted by Crippen LogP contribution is -2.40. The molecule has 0 aliphatic heterocycles. The Bertz CT molecular complexity index is 924. The number of carbonyl (C=O) groups is 1. The first-order valence-electron chi connectivity index (χ1n) is 9.50. The molecular weight excluding hydrogens is 375 g/mol. The van der Waals surface area contributed by atoms with Gasteiger partial charge in [-0.3, -0.25) is 0 Å². The van der Waals surface area contributed by atoms with Crippen molar-refractivity contribution in [2.75, 3.05) is 12.4 Å². The van der Waals surface area contributed by atoms with E-state index in [0.29, 0.717) is 28.1 Å². The zero-order valence-electron chi connectivity index (χ0n) is 17.0. The number of nitrogens with one attached hydrogen (secondary N) is 2. The van der Waals surface area contributed by atoms with Gasteiger partial charge < -0.3 is 25.6 Å². The molecule has 4 N–H and O–H groups in total. The number of amides is 2. The SMILES string of the molecule is COc1c(CO)cc(C(C)(C)C)cc1NC(=O)N[C@@H]1Cc2c(F)cccc2[C@H]1O. The molecular formula is C22H27FN2O4. The van der Waals surface area contributed by atoms with E-state index in [0.717, 1.165) is 5.56 Å². The number of aliphatic hydroxyl groups excluding tert-OH is 2. The highest BCUT2D eigenvalue weighted by Crippen LogP contribution is 2.36. The van der Waals surface area contributed by atoms with E-state index in [1.807, 2.05) is 26.8 Å². The third kappa shape index (κ3) is 4.21. The molecule has 29 heavy (non-hydrogen) atoms. The fourth-order valence-electron chi connectivity index (χ4n) is 3.65. The first-order chi connectivity index (χ1) is 13.7. The second-order valence-corrected chi connectivity index (χ2v) is 8.29. The Kier molecular flexibility index (Phi) is 5.82. The molecule has 2 atom stereocenters. The van der Waals surface area contributed by atoms with Gasteiger partial charge in [0, 0.05) is 5.56 Å². The lowest BCUT2D eigenvalue weighted by Gasteiger charge is -2.24. The van der Waals surface area contributed by atoms with Crippen molar-refractivity contribution >= 4 is 11.7 Å². The normalized spacial score (nSPS) is 18.3. The van der Waals surface area contributed by atoms with Gasteiger partial charge in [0.2, 0.25) is 0 Å². The molecule has 0 heterocycles. The van der Waals surface area contributed by atoms with Crippen molar-refractivity contribution in [1.82, 2.24) is 5.32 Å². The third-order valence-electron chi connectivity index (χ3n) is 5.25. The minimum absolute atomic E-state index is 0.204. The van der Waals surface area contributed by atoms with E-state index >= 15 is 0 Å². The maximum Gasteiger partial charge on any atom is 0.319 e. The van der Waals surface area contributed by atoms with Crippen LogP contribution in [-0.2, 0) is 18.4 Å². The van der Waals surface area contributed by atoms with Crippen molar-refractivity contribution < 1.29 is 24.1 Å². The monoisotopic (exact) mass is 402 g/mol. The Morgan fingerprint density at radius 2 is 2.03 bits per heavy atom. The van der Waals surface area contributed by atoms with E-state index in [1.54, 1.807) is 18.2 Å². The van der Waals surface area contributed by atoms with Crippen LogP contribution < -0.4 is 15.4 Å². The minimum Gasteiger partial charge on any atom is -0.494 e. The Morgan fingerprint density at radius 3 is 2.62 bits per heavy atom. The average molecular weight is 402 g/mol. The topological polar surface area (TPSA) is 90.8 Å². The van der Waals surface area contributed by atoms with E-state index in [2.05, 4.69) is 10.6 Å². The molecule has 2 aromatic rings. The number of halogens is 1. The molecule has 3 rings (SSSR count). The molecule has 0 saturated carbocycles. The van der Waals surface area contributed by atoms with Crippen molar-refractivity contribution in [2.24, 2.45) is 0 Å². The summed E-state index contributed by atoms with van der Waals surface area (Å²) in [6.07, 6.45) is -0.778. The predicted octanol–water partition coefficient (Wildman–Crippen LogP) is 3.40. The van der Waals surface area contributed by atoms with E-state index in [4.69, 9.17) is 4.74 Å². The molecule has 2 aromatic carbocycles. The number of carbonyl (C=O) groups excluding carboxylic acids is 1. The van der Waals surface area contributed by atoms with Crippen LogP contribution in [0.3, 0.4) is 0 Å². The van der Waals surface area contributed by atoms with Crippen LogP contribution >= 0.6 is 0 Å². The van der Waals surface area contributed by atoms with Crippen molar-refractivity contribution in [3.05, 3.63) is 58.4 Å². The van der Waals surface area contributed by atoms with E-state index in [1.165, 1.54) is 13.2 Å². The number of aliphatic hydroxyl groups is 2. The van der Waals surface area contributed by atoms with Crippen molar-refractivity contribution in [3.8, 4) is 5.75 Å². The molecule has 0 unspecified atom stereocenters. The zero-order chi connectivity index (χ0) is 21.3. The molecule has 0 radical (unpaired) electrons. The van der Waals surface area contributed by atoms with E-state index in [9.17, 15) is 19.4 Å². The van der Waals surface area contributed by atoms with Gasteiger partial charge in [0.15, 0.2) is 0 Å². The van der Waals surface area contributed by atoms with Crippen LogP contribution in [0.25, 0.3) is 0 Å². The average Bonchev–Trinajstić information content (AvgIpc) is 2.97. The summed E-state index contributed by atoms with van der Waals surface area (Å²) in [4.78, 5) is 12.6. The summed E-state index contributed by atoms with van der Waals surface area (Å²) >= 11 is 0. The van der Waals surface area contributed by atoms with Gasteiger partial charge in [-0.1, -0.05) is 32.9 Å². The molecule has 0 aromatic heterocycles. The van der Waals surface area contributed by atoms with Crippen LogP contribution in [0.5, 0.6) is 5.75 Å². The summed E-state index contributed by atoms with van der Waals surface area (Å²) in [7, 11) is 1.47. The van der Waals surface area contributed by atoms with Crippen LogP contribution in [0.2, 0.25) is 0 Å². The molecule has 0 fully saturated rings. The molecule has 0 saturated heterocycles. The fraction of sp³-hybridized carbons (Fsp3) is 0.409. The highest BCUT2D eigenvalue weighted by Gasteiger charge is 2.34. The summed E-state index contributed by atoms with van der Waals surface area (Å²) in [5.74, 6) is -0.0182. The first-order valence-corrected chi connectivity index (χ1v) is 9.50. The number of benzene rings is 2. The predicted molar refractivity (Wildman–Crippen MR) is 109 cm³/mol. The Morgan fingerprint density at radius 1 is 1.31 bits per heavy atom. The molecule has 156 valence electrons. The standard InChI is InChI=1S/C22H27FN2O4/c1-22(2,3)13-8-12(11-26)20(29-4)18(9-13)25-21(28)24-17-10-15-14(19(17)27)6-5-7-16(15)23/h5-9,17,19,26-27H,10-11H2,1-4H3,(H2,24,25,28)/t17-,19-/m1/s1. The van der Waals surface area contributed by atoms with Crippen LogP contribution in [-0.4, -0.2) is 29.4 Å². The second kappa shape index (κ2) is 8.00. The zero-order valence-corrected chi connectivity index (χ0v) is 17.0. The Hall–Kier alpha value is -2.64. The van der Waals surface area contributed by atoms with Crippen molar-refractivity contribution in [3.63, 3.8) is 0 Å². The van der Waals surface area contributed by atoms with Crippen LogP contribution in [0.4, 0.5) is 14.9 Å². The molecule has 7 heteroatoms. The van der Waals surface area contributed by atoms with Gasteiger partial charge in [-0.15, -0.1) is 0 Å². The van der Waals surface area contributed by atoms with Crippen LogP contribution in [0.1, 0.15) is 49.1 Å². The number of rotatable bonds is 4. The van der Waals surface area contributed by atoms with Gasteiger partial charge in [-0.2, -0.15) is 0 Å². The summed E-state index contributed by atoms with van der Waals surface area (Å²) in [5.41, 5.74) is 2.60. The summed E-state index contributed by atoms with van der Waals surface area (Å²) in [6, 6.07) is 7.00. The highest BCUT2D eigenvalue weighted by atomic mass is 19.1. The number of anilines is 1. The number of methoxy groups -OCH3 is 1. The summed E-state index contributed by atoms with van der Waals surface area (Å²) in [6.45, 7) is 5.85. The molecule has 0 bridgehead atoms. The Labute approximate surface area is 169 Å². The van der Waals surface area contributed by atoms with E-state index < -0.39 is 24.0 Å². The maximum atomic E-state index is 14.0. The van der Waals surface area contributed by atoms with Crippen molar-refractivity contribution in [2.45, 2.75) is 51.4 Å². The van der Waals surface area contributed by atoms with Gasteiger partial charge in [0.05, 0.1) is 31.5 Å². The van der Waals surface area contributed by atoms with E-state index in [-0.39, 0.29) is 18.4 Å². The minimum atomic E-state index is -0.984. The maximum absolute atomic E-state index is 14.0. The smallest absolute Gasteiger partial charge is 0.319 e. The number of fused-ring (bicyclic) bond motifs is 1. The summed E-state index contributed by atoms with van der Waals surface area (Å²) < 4.78 is 19.4. The Balaban J connectivity index is 1.81. The highest BCUT2D eigenvalue weighted by molar-refractivity contribution is 5.92. The van der Waals surface area contributed by atoms with Crippen LogP contribution in [0.15, 0.2) is 30.3 Å². The first kappa shape index (κ1) is 21.1. The molecule has 6 nitrogen and oxygen atoms in total. The largest absolute Gasteiger partial charge is 0.494 e. The number of urea groups is 1. The van der Waals surface area contributed by atoms with Gasteiger partial charge >= 0.3 is 6.03 Å².